The van der Waals surface area contributed by atoms with Gasteiger partial charge in [0, 0.05) is 15.6 Å². The number of carbonyl (C=O) groups excluding carboxylic acids is 1. The molecular weight excluding hydrogens is 356 g/mol. The van der Waals surface area contributed by atoms with E-state index in [-0.39, 0.29) is 15.7 Å². The van der Waals surface area contributed by atoms with Crippen LogP contribution >= 0.6 is 23.2 Å². The molecule has 0 fully saturated rings. The quantitative estimate of drug-likeness (QED) is 0.903. The van der Waals surface area contributed by atoms with Crippen LogP contribution in [0.25, 0.3) is 0 Å². The van der Waals surface area contributed by atoms with E-state index in [0.717, 1.165) is 30.3 Å². The molecule has 116 valence electrons. The minimum Gasteiger partial charge on any atom is -0.545 e. The summed E-state index contributed by atoms with van der Waals surface area (Å²) in [4.78, 5) is 10.5. The number of benzene rings is 2. The Morgan fingerprint density at radius 1 is 1.14 bits per heavy atom. The topological polar surface area (TPSA) is 86.3 Å². The molecule has 0 radical (unpaired) electrons. The molecule has 2 aromatic carbocycles. The summed E-state index contributed by atoms with van der Waals surface area (Å²) in [6, 6.07) is 6.40. The Labute approximate surface area is 135 Å². The summed E-state index contributed by atoms with van der Waals surface area (Å²) in [7, 11) is -4.20. The van der Waals surface area contributed by atoms with Gasteiger partial charge in [-0.1, -0.05) is 23.2 Å². The monoisotopic (exact) mass is 362 g/mol. The van der Waals surface area contributed by atoms with Gasteiger partial charge in [-0.25, -0.2) is 12.8 Å². The molecule has 0 aliphatic carbocycles. The van der Waals surface area contributed by atoms with Gasteiger partial charge in [-0.2, -0.15) is 0 Å². The lowest BCUT2D eigenvalue weighted by Gasteiger charge is -2.11. The molecule has 5 nitrogen and oxygen atoms in total. The fourth-order valence-electron chi connectivity index (χ4n) is 1.60. The van der Waals surface area contributed by atoms with Gasteiger partial charge in [0.2, 0.25) is 0 Å². The molecule has 0 spiro atoms. The molecule has 0 unspecified atom stereocenters. The number of nitrogens with one attached hydrogen (secondary N) is 1. The average molecular weight is 363 g/mol. The summed E-state index contributed by atoms with van der Waals surface area (Å²) in [6.45, 7) is 0. The Kier molecular flexibility index (Phi) is 4.60. The zero-order valence-electron chi connectivity index (χ0n) is 10.6. The first-order valence-corrected chi connectivity index (χ1v) is 7.93. The lowest BCUT2D eigenvalue weighted by atomic mass is 10.2. The molecule has 0 aliphatic heterocycles. The zero-order valence-corrected chi connectivity index (χ0v) is 13.0. The third-order valence-corrected chi connectivity index (χ3v) is 4.57. The molecule has 0 atom stereocenters. The van der Waals surface area contributed by atoms with E-state index in [2.05, 4.69) is 0 Å². The molecule has 0 aromatic heterocycles. The van der Waals surface area contributed by atoms with Crippen molar-refractivity contribution in [3.8, 4) is 0 Å². The second-order valence-electron chi connectivity index (χ2n) is 4.16. The van der Waals surface area contributed by atoms with Gasteiger partial charge in [0.05, 0.1) is 16.6 Å². The van der Waals surface area contributed by atoms with E-state index in [0.29, 0.717) is 0 Å². The van der Waals surface area contributed by atoms with Crippen LogP contribution in [0.2, 0.25) is 10.0 Å². The van der Waals surface area contributed by atoms with Crippen LogP contribution in [0.1, 0.15) is 10.4 Å². The highest BCUT2D eigenvalue weighted by molar-refractivity contribution is 7.92. The van der Waals surface area contributed by atoms with Crippen molar-refractivity contribution in [2.75, 3.05) is 4.72 Å². The van der Waals surface area contributed by atoms with Crippen LogP contribution in [0.4, 0.5) is 10.1 Å². The largest absolute Gasteiger partial charge is 0.545 e. The normalized spacial score (nSPS) is 11.2. The third kappa shape index (κ3) is 3.49. The number of carbonyl (C=O) groups is 1. The second kappa shape index (κ2) is 6.12. The summed E-state index contributed by atoms with van der Waals surface area (Å²) >= 11 is 11.2. The van der Waals surface area contributed by atoms with Crippen molar-refractivity contribution in [1.29, 1.82) is 0 Å². The zero-order chi connectivity index (χ0) is 16.5. The summed E-state index contributed by atoms with van der Waals surface area (Å²) in [6.07, 6.45) is 0. The Morgan fingerprint density at radius 3 is 2.41 bits per heavy atom. The van der Waals surface area contributed by atoms with Gasteiger partial charge in [0.25, 0.3) is 10.0 Å². The minimum atomic E-state index is -4.20. The van der Waals surface area contributed by atoms with Gasteiger partial charge in [-0.3, -0.25) is 4.72 Å². The number of hydrogen-bond acceptors (Lipinski definition) is 4. The smallest absolute Gasteiger partial charge is 0.262 e. The first-order valence-electron chi connectivity index (χ1n) is 5.69. The molecule has 22 heavy (non-hydrogen) atoms. The number of carboxylic acids is 1. The SMILES string of the molecule is O=C([O-])c1cc(S(=O)(=O)Nc2ccc(Cl)cc2F)ccc1Cl. The van der Waals surface area contributed by atoms with Crippen molar-refractivity contribution in [2.45, 2.75) is 4.90 Å². The number of rotatable bonds is 4. The molecule has 0 aliphatic rings. The van der Waals surface area contributed by atoms with Crippen molar-refractivity contribution < 1.29 is 22.7 Å². The maximum atomic E-state index is 13.6. The summed E-state index contributed by atoms with van der Waals surface area (Å²) < 4.78 is 39.9. The van der Waals surface area contributed by atoms with E-state index in [9.17, 15) is 22.7 Å². The van der Waals surface area contributed by atoms with E-state index in [4.69, 9.17) is 23.2 Å². The van der Waals surface area contributed by atoms with E-state index >= 15 is 0 Å². The highest BCUT2D eigenvalue weighted by atomic mass is 35.5. The predicted octanol–water partition coefficient (Wildman–Crippen LogP) is 2.30. The van der Waals surface area contributed by atoms with Crippen molar-refractivity contribution in [2.24, 2.45) is 0 Å². The van der Waals surface area contributed by atoms with E-state index in [1.165, 1.54) is 6.07 Å². The third-order valence-electron chi connectivity index (χ3n) is 2.64. The Balaban J connectivity index is 2.42. The number of aromatic carboxylic acids is 1. The number of anilines is 1. The van der Waals surface area contributed by atoms with Crippen LogP contribution in [0.3, 0.4) is 0 Å². The number of hydrogen-bond donors (Lipinski definition) is 1. The van der Waals surface area contributed by atoms with E-state index in [1.807, 2.05) is 4.72 Å². The van der Waals surface area contributed by atoms with E-state index in [1.54, 1.807) is 0 Å². The van der Waals surface area contributed by atoms with Gasteiger partial charge < -0.3 is 9.90 Å². The maximum Gasteiger partial charge on any atom is 0.262 e. The first kappa shape index (κ1) is 16.5. The Bertz CT molecular complexity index is 855. The Morgan fingerprint density at radius 2 is 1.82 bits per heavy atom. The van der Waals surface area contributed by atoms with Gasteiger partial charge in [0.15, 0.2) is 0 Å². The highest BCUT2D eigenvalue weighted by Gasteiger charge is 2.18. The molecule has 2 rings (SSSR count). The van der Waals surface area contributed by atoms with Crippen LogP contribution in [-0.4, -0.2) is 14.4 Å². The van der Waals surface area contributed by atoms with Gasteiger partial charge in [0.1, 0.15) is 5.82 Å². The molecule has 0 saturated carbocycles. The predicted molar refractivity (Wildman–Crippen MR) is 78.0 cm³/mol. The number of sulfonamides is 1. The molecule has 1 N–H and O–H groups in total. The lowest BCUT2D eigenvalue weighted by molar-refractivity contribution is -0.255. The van der Waals surface area contributed by atoms with Gasteiger partial charge in [-0.15, -0.1) is 0 Å². The van der Waals surface area contributed by atoms with Crippen LogP contribution in [0, 0.1) is 5.82 Å². The van der Waals surface area contributed by atoms with E-state index < -0.39 is 32.3 Å². The second-order valence-corrected chi connectivity index (χ2v) is 6.68. The van der Waals surface area contributed by atoms with Crippen molar-refractivity contribution in [3.05, 3.63) is 57.8 Å². The molecule has 2 aromatic rings. The van der Waals surface area contributed by atoms with Crippen molar-refractivity contribution in [1.82, 2.24) is 0 Å². The summed E-state index contributed by atoms with van der Waals surface area (Å²) in [5, 5.41) is 10.8. The summed E-state index contributed by atoms with van der Waals surface area (Å²) in [5.74, 6) is -2.50. The number of carboxylic acid groups (broad SMARTS) is 1. The van der Waals surface area contributed by atoms with Crippen LogP contribution in [0.5, 0.6) is 0 Å². The maximum absolute atomic E-state index is 13.6. The first-order chi connectivity index (χ1) is 10.2. The molecule has 9 heteroatoms. The standard InChI is InChI=1S/C13H8Cl2FNO4S/c14-7-1-4-12(11(16)5-7)17-22(20,21)8-2-3-10(15)9(6-8)13(18)19/h1-6,17H,(H,18,19)/p-1. The fourth-order valence-corrected chi connectivity index (χ4v) is 3.05. The van der Waals surface area contributed by atoms with Crippen molar-refractivity contribution in [3.63, 3.8) is 0 Å². The summed E-state index contributed by atoms with van der Waals surface area (Å²) in [5.41, 5.74) is -0.810. The van der Waals surface area contributed by atoms with Crippen LogP contribution < -0.4 is 9.83 Å². The highest BCUT2D eigenvalue weighted by Crippen LogP contribution is 2.24. The molecule has 0 heterocycles. The van der Waals surface area contributed by atoms with Crippen LogP contribution in [-0.2, 0) is 10.0 Å². The van der Waals surface area contributed by atoms with Crippen LogP contribution in [0.15, 0.2) is 41.3 Å². The molecule has 0 bridgehead atoms. The molecular formula is C13H7Cl2FNO4S-. The lowest BCUT2D eigenvalue weighted by Crippen LogP contribution is -2.23. The fraction of sp³-hybridized carbons (Fsp3) is 0. The van der Waals surface area contributed by atoms with Gasteiger partial charge in [-0.05, 0) is 36.4 Å². The number of halogens is 3. The van der Waals surface area contributed by atoms with Crippen molar-refractivity contribution >= 4 is 44.9 Å². The van der Waals surface area contributed by atoms with Gasteiger partial charge >= 0.3 is 0 Å². The molecule has 0 amide bonds. The minimum absolute atomic E-state index is 0.103. The average Bonchev–Trinajstić information content (AvgIpc) is 2.42. The Hall–Kier alpha value is -1.83. The molecule has 0 saturated heterocycles.